The van der Waals surface area contributed by atoms with Crippen LogP contribution in [-0.4, -0.2) is 0 Å². The van der Waals surface area contributed by atoms with Crippen LogP contribution in [0.3, 0.4) is 0 Å². The maximum atomic E-state index is 2.47. The summed E-state index contributed by atoms with van der Waals surface area (Å²) in [6.45, 7) is 0. The Bertz CT molecular complexity index is 3000. The Morgan fingerprint density at radius 2 is 0.776 bits per heavy atom. The molecule has 11 rings (SSSR count). The average molecular weight is 738 g/mol. The molecule has 0 atom stereocenters. The van der Waals surface area contributed by atoms with E-state index < -0.39 is 5.41 Å². The van der Waals surface area contributed by atoms with Crippen LogP contribution in [-0.2, 0) is 5.41 Å². The molecule has 0 fully saturated rings. The van der Waals surface area contributed by atoms with Crippen LogP contribution in [0.25, 0.3) is 54.9 Å². The van der Waals surface area contributed by atoms with Gasteiger partial charge in [0.15, 0.2) is 0 Å². The van der Waals surface area contributed by atoms with Gasteiger partial charge in [-0.2, -0.15) is 0 Å². The zero-order chi connectivity index (χ0) is 38.5. The van der Waals surface area contributed by atoms with Crippen molar-refractivity contribution in [1.29, 1.82) is 0 Å². The lowest BCUT2D eigenvalue weighted by molar-refractivity contribution is 0.768. The summed E-state index contributed by atoms with van der Waals surface area (Å²) in [5.74, 6) is 0. The molecule has 0 unspecified atom stereocenters. The molecule has 58 heavy (non-hydrogen) atoms. The molecule has 0 aromatic heterocycles. The highest BCUT2D eigenvalue weighted by atomic mass is 15.1. The summed E-state index contributed by atoms with van der Waals surface area (Å²) < 4.78 is 0. The van der Waals surface area contributed by atoms with Gasteiger partial charge in [-0.3, -0.25) is 0 Å². The molecule has 0 saturated carbocycles. The van der Waals surface area contributed by atoms with Gasteiger partial charge in [-0.25, -0.2) is 0 Å². The summed E-state index contributed by atoms with van der Waals surface area (Å²) in [5.41, 5.74) is 15.1. The van der Waals surface area contributed by atoms with Crippen LogP contribution < -0.4 is 4.90 Å². The minimum atomic E-state index is -0.514. The summed E-state index contributed by atoms with van der Waals surface area (Å²) in [6.07, 6.45) is 0. The summed E-state index contributed by atoms with van der Waals surface area (Å²) in [5, 5.41) is 4.97. The van der Waals surface area contributed by atoms with Crippen LogP contribution >= 0.6 is 0 Å². The molecule has 0 amide bonds. The zero-order valence-corrected chi connectivity index (χ0v) is 32.0. The van der Waals surface area contributed by atoms with Crippen molar-refractivity contribution in [2.45, 2.75) is 5.41 Å². The second-order valence-corrected chi connectivity index (χ2v) is 15.3. The zero-order valence-electron chi connectivity index (χ0n) is 32.0. The number of anilines is 3. The van der Waals surface area contributed by atoms with E-state index >= 15 is 0 Å². The topological polar surface area (TPSA) is 3.24 Å². The Morgan fingerprint density at radius 1 is 0.276 bits per heavy atom. The highest BCUT2D eigenvalue weighted by Gasteiger charge is 2.46. The van der Waals surface area contributed by atoms with Crippen molar-refractivity contribution in [3.63, 3.8) is 0 Å². The molecule has 0 N–H and O–H groups in total. The molecule has 0 radical (unpaired) electrons. The fraction of sp³-hybridized carbons (Fsp3) is 0.0175. The van der Waals surface area contributed by atoms with Gasteiger partial charge < -0.3 is 4.90 Å². The Labute approximate surface area is 339 Å². The molecule has 10 aromatic carbocycles. The summed E-state index contributed by atoms with van der Waals surface area (Å²) in [4.78, 5) is 2.47. The standard InChI is InChI=1S/C57H39N/c1-5-17-40(18-6-1)44-35-45(41-19-7-2-8-20-41)38-50(37-44)58(48-31-33-52-43(36-48)30-29-42-21-13-14-26-51(42)52)49-32-34-54-53-27-15-16-28-55(53)57(56(54)39-49,46-22-9-3-10-23-46)47-24-11-4-12-25-47/h1-39H. The lowest BCUT2D eigenvalue weighted by Crippen LogP contribution is -2.28. The third kappa shape index (κ3) is 5.47. The number of rotatable bonds is 7. The van der Waals surface area contributed by atoms with E-state index in [4.69, 9.17) is 0 Å². The van der Waals surface area contributed by atoms with E-state index in [-0.39, 0.29) is 0 Å². The number of hydrogen-bond donors (Lipinski definition) is 0. The minimum Gasteiger partial charge on any atom is -0.310 e. The molecule has 0 saturated heterocycles. The molecule has 1 heteroatoms. The van der Waals surface area contributed by atoms with Gasteiger partial charge in [0.2, 0.25) is 0 Å². The van der Waals surface area contributed by atoms with Crippen LogP contribution in [0, 0.1) is 0 Å². The molecule has 10 aromatic rings. The van der Waals surface area contributed by atoms with Crippen LogP contribution in [0.5, 0.6) is 0 Å². The van der Waals surface area contributed by atoms with Crippen molar-refractivity contribution in [1.82, 2.24) is 0 Å². The number of benzene rings is 10. The Kier molecular flexibility index (Phi) is 8.12. The first-order valence-electron chi connectivity index (χ1n) is 20.1. The van der Waals surface area contributed by atoms with E-state index in [1.54, 1.807) is 0 Å². The highest BCUT2D eigenvalue weighted by Crippen LogP contribution is 2.57. The van der Waals surface area contributed by atoms with Gasteiger partial charge in [-0.1, -0.05) is 194 Å². The quantitative estimate of drug-likeness (QED) is 0.147. The Hall–Kier alpha value is -7.48. The van der Waals surface area contributed by atoms with E-state index in [0.29, 0.717) is 0 Å². The molecule has 0 spiro atoms. The molecule has 1 aliphatic carbocycles. The van der Waals surface area contributed by atoms with Gasteiger partial charge in [0.1, 0.15) is 0 Å². The molecule has 1 nitrogen and oxygen atoms in total. The summed E-state index contributed by atoms with van der Waals surface area (Å²) >= 11 is 0. The normalized spacial score (nSPS) is 12.6. The summed E-state index contributed by atoms with van der Waals surface area (Å²) in [6, 6.07) is 87.0. The smallest absolute Gasteiger partial charge is 0.0714 e. The van der Waals surface area contributed by atoms with Crippen LogP contribution in [0.1, 0.15) is 22.3 Å². The van der Waals surface area contributed by atoms with E-state index in [1.165, 1.54) is 77.2 Å². The van der Waals surface area contributed by atoms with Crippen LogP contribution in [0.15, 0.2) is 237 Å². The third-order valence-electron chi connectivity index (χ3n) is 12.1. The number of nitrogens with zero attached hydrogens (tertiary/aromatic N) is 1. The van der Waals surface area contributed by atoms with Gasteiger partial charge in [0.25, 0.3) is 0 Å². The Morgan fingerprint density at radius 3 is 1.45 bits per heavy atom. The highest BCUT2D eigenvalue weighted by molar-refractivity contribution is 6.08. The predicted octanol–water partition coefficient (Wildman–Crippen LogP) is 15.2. The van der Waals surface area contributed by atoms with Gasteiger partial charge in [-0.05, 0) is 120 Å². The number of hydrogen-bond acceptors (Lipinski definition) is 1. The van der Waals surface area contributed by atoms with E-state index in [0.717, 1.165) is 17.1 Å². The molecular formula is C57H39N. The van der Waals surface area contributed by atoms with Crippen molar-refractivity contribution < 1.29 is 0 Å². The van der Waals surface area contributed by atoms with E-state index in [2.05, 4.69) is 241 Å². The second-order valence-electron chi connectivity index (χ2n) is 15.3. The first-order chi connectivity index (χ1) is 28.8. The fourth-order valence-corrected chi connectivity index (χ4v) is 9.49. The molecule has 1 aliphatic rings. The summed E-state index contributed by atoms with van der Waals surface area (Å²) in [7, 11) is 0. The van der Waals surface area contributed by atoms with Crippen molar-refractivity contribution in [3.05, 3.63) is 259 Å². The number of fused-ring (bicyclic) bond motifs is 6. The lowest BCUT2D eigenvalue weighted by atomic mass is 9.67. The van der Waals surface area contributed by atoms with Crippen molar-refractivity contribution in [2.24, 2.45) is 0 Å². The third-order valence-corrected chi connectivity index (χ3v) is 12.1. The lowest BCUT2D eigenvalue weighted by Gasteiger charge is -2.35. The molecule has 0 bridgehead atoms. The van der Waals surface area contributed by atoms with Gasteiger partial charge >= 0.3 is 0 Å². The van der Waals surface area contributed by atoms with Gasteiger partial charge in [0.05, 0.1) is 5.41 Å². The largest absolute Gasteiger partial charge is 0.310 e. The fourth-order valence-electron chi connectivity index (χ4n) is 9.49. The van der Waals surface area contributed by atoms with Crippen molar-refractivity contribution >= 4 is 38.6 Å². The molecule has 0 heterocycles. The SMILES string of the molecule is c1ccc(-c2cc(-c3ccccc3)cc(N(c3ccc4c(c3)C(c3ccccc3)(c3ccccc3)c3ccccc3-4)c3ccc4c(ccc5ccccc54)c3)c2)cc1. The van der Waals surface area contributed by atoms with Crippen LogP contribution in [0.2, 0.25) is 0 Å². The second kappa shape index (κ2) is 13.9. The van der Waals surface area contributed by atoms with Gasteiger partial charge in [0, 0.05) is 17.1 Å². The average Bonchev–Trinajstić information content (AvgIpc) is 3.60. The van der Waals surface area contributed by atoms with Crippen LogP contribution in [0.4, 0.5) is 17.1 Å². The minimum absolute atomic E-state index is 0.514. The van der Waals surface area contributed by atoms with Gasteiger partial charge in [-0.15, -0.1) is 0 Å². The monoisotopic (exact) mass is 737 g/mol. The predicted molar refractivity (Wildman–Crippen MR) is 244 cm³/mol. The first-order valence-corrected chi connectivity index (χ1v) is 20.1. The molecule has 272 valence electrons. The molecule has 0 aliphatic heterocycles. The van der Waals surface area contributed by atoms with E-state index in [1.807, 2.05) is 0 Å². The maximum Gasteiger partial charge on any atom is 0.0714 e. The van der Waals surface area contributed by atoms with Crippen molar-refractivity contribution in [2.75, 3.05) is 4.90 Å². The Balaban J connectivity index is 1.21. The maximum absolute atomic E-state index is 2.47. The van der Waals surface area contributed by atoms with E-state index in [9.17, 15) is 0 Å². The van der Waals surface area contributed by atoms with Crippen molar-refractivity contribution in [3.8, 4) is 33.4 Å². The first kappa shape index (κ1) is 33.8. The molecular weight excluding hydrogens is 699 g/mol.